The Morgan fingerprint density at radius 2 is 1.59 bits per heavy atom. The van der Waals surface area contributed by atoms with E-state index in [4.69, 9.17) is 9.47 Å². The van der Waals surface area contributed by atoms with Gasteiger partial charge in [-0.3, -0.25) is 4.79 Å². The van der Waals surface area contributed by atoms with Crippen LogP contribution in [0.2, 0.25) is 0 Å². The van der Waals surface area contributed by atoms with Crippen molar-refractivity contribution in [2.24, 2.45) is 0 Å². The van der Waals surface area contributed by atoms with E-state index in [1.165, 1.54) is 24.3 Å². The lowest BCUT2D eigenvalue weighted by molar-refractivity contribution is -0.160. The Bertz CT molecular complexity index is 487. The highest BCUT2D eigenvalue weighted by molar-refractivity contribution is 5.99. The summed E-state index contributed by atoms with van der Waals surface area (Å²) in [4.78, 5) is 34.9. The second-order valence-corrected chi connectivity index (χ2v) is 4.90. The molecule has 0 aromatic carbocycles. The molecular weight excluding hydrogens is 284 g/mol. The highest BCUT2D eigenvalue weighted by Gasteiger charge is 2.35. The Kier molecular flexibility index (Phi) is 7.89. The fraction of sp³-hybridized carbons (Fsp3) is 0.471. The van der Waals surface area contributed by atoms with Crippen molar-refractivity contribution in [2.45, 2.75) is 51.7 Å². The number of unbranched alkanes of at least 4 members (excludes halogenated alkanes) is 2. The van der Waals surface area contributed by atoms with Gasteiger partial charge in [0.1, 0.15) is 0 Å². The van der Waals surface area contributed by atoms with E-state index in [9.17, 15) is 14.4 Å². The average molecular weight is 306 g/mol. The molecule has 1 aliphatic rings. The van der Waals surface area contributed by atoms with E-state index >= 15 is 0 Å². The van der Waals surface area contributed by atoms with Crippen molar-refractivity contribution in [3.63, 3.8) is 0 Å². The minimum Gasteiger partial charge on any atom is -0.450 e. The molecule has 0 bridgehead atoms. The van der Waals surface area contributed by atoms with E-state index in [2.05, 4.69) is 0 Å². The number of ether oxygens (including phenoxy) is 2. The molecule has 1 rings (SSSR count). The minimum absolute atomic E-state index is 0.382. The predicted molar refractivity (Wildman–Crippen MR) is 82.0 cm³/mol. The van der Waals surface area contributed by atoms with Gasteiger partial charge < -0.3 is 9.47 Å². The summed E-state index contributed by atoms with van der Waals surface area (Å²) in [6.45, 7) is 3.98. The van der Waals surface area contributed by atoms with Gasteiger partial charge in [0.15, 0.2) is 11.9 Å². The molecule has 5 heteroatoms. The Hall–Kier alpha value is -2.17. The Balaban J connectivity index is 2.55. The maximum atomic E-state index is 11.7. The van der Waals surface area contributed by atoms with Crippen LogP contribution in [0.15, 0.2) is 36.5 Å². The van der Waals surface area contributed by atoms with Gasteiger partial charge in [-0.2, -0.15) is 0 Å². The van der Waals surface area contributed by atoms with Crippen LogP contribution < -0.4 is 0 Å². The van der Waals surface area contributed by atoms with Gasteiger partial charge in [0, 0.05) is 12.2 Å². The molecule has 0 fully saturated rings. The zero-order valence-electron chi connectivity index (χ0n) is 13.0. The van der Waals surface area contributed by atoms with Crippen LogP contribution in [-0.4, -0.2) is 29.9 Å². The number of carbonyl (C=O) groups excluding carboxylic acids is 3. The third kappa shape index (κ3) is 6.08. The van der Waals surface area contributed by atoms with Gasteiger partial charge in [0.05, 0.1) is 0 Å². The molecule has 0 heterocycles. The highest BCUT2D eigenvalue weighted by Crippen LogP contribution is 2.16. The first kappa shape index (κ1) is 17.9. The van der Waals surface area contributed by atoms with Crippen LogP contribution in [0.5, 0.6) is 0 Å². The summed E-state index contributed by atoms with van der Waals surface area (Å²) in [5.74, 6) is -1.55. The first-order valence-electron chi connectivity index (χ1n) is 7.54. The van der Waals surface area contributed by atoms with Gasteiger partial charge in [0.25, 0.3) is 0 Å². The lowest BCUT2D eigenvalue weighted by Gasteiger charge is -2.17. The first-order chi connectivity index (χ1) is 10.6. The molecule has 0 saturated heterocycles. The van der Waals surface area contributed by atoms with Gasteiger partial charge in [-0.25, -0.2) is 9.59 Å². The van der Waals surface area contributed by atoms with Gasteiger partial charge in [-0.1, -0.05) is 38.8 Å². The van der Waals surface area contributed by atoms with Crippen LogP contribution in [0.3, 0.4) is 0 Å². The van der Waals surface area contributed by atoms with Crippen LogP contribution >= 0.6 is 0 Å². The Morgan fingerprint density at radius 1 is 1.05 bits per heavy atom. The predicted octanol–water partition coefficient (Wildman–Crippen LogP) is 2.66. The van der Waals surface area contributed by atoms with Gasteiger partial charge >= 0.3 is 11.9 Å². The molecule has 22 heavy (non-hydrogen) atoms. The molecule has 0 spiro atoms. The third-order valence-electron chi connectivity index (χ3n) is 2.94. The molecule has 0 amide bonds. The number of esters is 2. The van der Waals surface area contributed by atoms with Crippen molar-refractivity contribution in [3.8, 4) is 0 Å². The van der Waals surface area contributed by atoms with Crippen molar-refractivity contribution < 1.29 is 23.9 Å². The van der Waals surface area contributed by atoms with Gasteiger partial charge in [0.2, 0.25) is 6.10 Å². The summed E-state index contributed by atoms with van der Waals surface area (Å²) in [5, 5.41) is 0. The van der Waals surface area contributed by atoms with E-state index in [1.54, 1.807) is 12.2 Å². The number of hydrogen-bond acceptors (Lipinski definition) is 5. The molecule has 5 nitrogen and oxygen atoms in total. The third-order valence-corrected chi connectivity index (χ3v) is 2.94. The second-order valence-electron chi connectivity index (χ2n) is 4.90. The smallest absolute Gasteiger partial charge is 0.331 e. The zero-order chi connectivity index (χ0) is 16.4. The summed E-state index contributed by atoms with van der Waals surface area (Å²) in [5.41, 5.74) is 0. The van der Waals surface area contributed by atoms with E-state index in [1.807, 2.05) is 13.8 Å². The quantitative estimate of drug-likeness (QED) is 0.509. The SMILES string of the molecule is CCCC=CC(=O)OC1C=CC(=O)C1OC(=O)C=CCCC. The topological polar surface area (TPSA) is 69.7 Å². The summed E-state index contributed by atoms with van der Waals surface area (Å²) in [6, 6.07) is 0. The molecule has 0 aliphatic heterocycles. The molecule has 0 aromatic heterocycles. The standard InChI is InChI=1S/C17H22O5/c1-3-5-7-9-15(19)21-14-12-11-13(18)17(14)22-16(20)10-8-6-4-2/h7-12,14,17H,3-6H2,1-2H3. The molecule has 0 saturated carbocycles. The summed E-state index contributed by atoms with van der Waals surface area (Å²) < 4.78 is 10.2. The molecule has 2 unspecified atom stereocenters. The average Bonchev–Trinajstić information content (AvgIpc) is 2.81. The van der Waals surface area contributed by atoms with Crippen molar-refractivity contribution in [3.05, 3.63) is 36.5 Å². The highest BCUT2D eigenvalue weighted by atomic mass is 16.6. The molecule has 0 N–H and O–H groups in total. The monoisotopic (exact) mass is 306 g/mol. The van der Waals surface area contributed by atoms with Gasteiger partial charge in [-0.15, -0.1) is 0 Å². The first-order valence-corrected chi connectivity index (χ1v) is 7.54. The molecule has 1 aliphatic carbocycles. The number of hydrogen-bond donors (Lipinski definition) is 0. The number of rotatable bonds is 8. The molecule has 120 valence electrons. The molecule has 0 aromatic rings. The van der Waals surface area contributed by atoms with Crippen LogP contribution in [0.4, 0.5) is 0 Å². The van der Waals surface area contributed by atoms with E-state index in [0.29, 0.717) is 0 Å². The van der Waals surface area contributed by atoms with Crippen LogP contribution in [0.25, 0.3) is 0 Å². The van der Waals surface area contributed by atoms with E-state index in [-0.39, 0.29) is 5.78 Å². The number of allylic oxidation sites excluding steroid dienone is 2. The van der Waals surface area contributed by atoms with Crippen LogP contribution in [0.1, 0.15) is 39.5 Å². The maximum Gasteiger partial charge on any atom is 0.331 e. The van der Waals surface area contributed by atoms with Crippen molar-refractivity contribution in [1.82, 2.24) is 0 Å². The normalized spacial score (nSPS) is 20.9. The van der Waals surface area contributed by atoms with Crippen molar-refractivity contribution in [2.75, 3.05) is 0 Å². The lowest BCUT2D eigenvalue weighted by atomic mass is 10.2. The van der Waals surface area contributed by atoms with Crippen LogP contribution in [-0.2, 0) is 23.9 Å². The van der Waals surface area contributed by atoms with Crippen molar-refractivity contribution >= 4 is 17.7 Å². The minimum atomic E-state index is -1.10. The lowest BCUT2D eigenvalue weighted by Crippen LogP contribution is -2.34. The van der Waals surface area contributed by atoms with Gasteiger partial charge in [-0.05, 0) is 25.0 Å². The number of ketones is 1. The van der Waals surface area contributed by atoms with E-state index < -0.39 is 24.1 Å². The summed E-state index contributed by atoms with van der Waals surface area (Å²) >= 11 is 0. The fourth-order valence-electron chi connectivity index (χ4n) is 1.80. The van der Waals surface area contributed by atoms with E-state index in [0.717, 1.165) is 25.7 Å². The fourth-order valence-corrected chi connectivity index (χ4v) is 1.80. The molecule has 2 atom stereocenters. The molecular formula is C17H22O5. The van der Waals surface area contributed by atoms with Crippen molar-refractivity contribution in [1.29, 1.82) is 0 Å². The number of carbonyl (C=O) groups is 3. The Labute approximate surface area is 130 Å². The summed E-state index contributed by atoms with van der Waals surface area (Å²) in [7, 11) is 0. The maximum absolute atomic E-state index is 11.7. The second kappa shape index (κ2) is 9.71. The Morgan fingerprint density at radius 3 is 2.14 bits per heavy atom. The van der Waals surface area contributed by atoms with Crippen LogP contribution in [0, 0.1) is 0 Å². The molecule has 0 radical (unpaired) electrons. The zero-order valence-corrected chi connectivity index (χ0v) is 13.0. The summed E-state index contributed by atoms with van der Waals surface area (Å²) in [6.07, 6.45) is 10.1. The largest absolute Gasteiger partial charge is 0.450 e.